The van der Waals surface area contributed by atoms with Gasteiger partial charge in [0.25, 0.3) is 5.89 Å². The normalized spacial score (nSPS) is 16.2. The van der Waals surface area contributed by atoms with Gasteiger partial charge in [0.15, 0.2) is 5.82 Å². The Morgan fingerprint density at radius 3 is 2.78 bits per heavy atom. The van der Waals surface area contributed by atoms with E-state index in [0.717, 1.165) is 37.1 Å². The third-order valence-corrected chi connectivity index (χ3v) is 4.13. The molecule has 120 valence electrons. The third kappa shape index (κ3) is 2.85. The van der Waals surface area contributed by atoms with Gasteiger partial charge in [-0.05, 0) is 25.0 Å². The first-order valence-corrected chi connectivity index (χ1v) is 7.32. The van der Waals surface area contributed by atoms with Crippen LogP contribution < -0.4 is 5.73 Å². The number of nitrogens with zero attached hydrogens (tertiary/aromatic N) is 5. The van der Waals surface area contributed by atoms with E-state index in [-0.39, 0.29) is 12.4 Å². The van der Waals surface area contributed by atoms with E-state index in [9.17, 15) is 0 Å². The second-order valence-electron chi connectivity index (χ2n) is 5.66. The summed E-state index contributed by atoms with van der Waals surface area (Å²) in [6, 6.07) is 3.73. The summed E-state index contributed by atoms with van der Waals surface area (Å²) in [6.45, 7) is 0. The average Bonchev–Trinajstić information content (AvgIpc) is 3.29. The molecule has 7 nitrogen and oxygen atoms in total. The fraction of sp³-hybridized carbons (Fsp3) is 0.333. The van der Waals surface area contributed by atoms with Gasteiger partial charge in [-0.15, -0.1) is 12.4 Å². The van der Waals surface area contributed by atoms with Crippen LogP contribution in [0.15, 0.2) is 41.6 Å². The number of aromatic nitrogens is 5. The molecule has 0 aliphatic heterocycles. The van der Waals surface area contributed by atoms with Gasteiger partial charge < -0.3 is 10.3 Å². The smallest absolute Gasteiger partial charge is 0.258 e. The van der Waals surface area contributed by atoms with Gasteiger partial charge in [-0.2, -0.15) is 4.98 Å². The van der Waals surface area contributed by atoms with Crippen LogP contribution in [0.1, 0.15) is 31.5 Å². The first kappa shape index (κ1) is 15.6. The van der Waals surface area contributed by atoms with Crippen LogP contribution in [0.25, 0.3) is 17.3 Å². The molecule has 1 aliphatic rings. The largest absolute Gasteiger partial charge is 0.334 e. The Labute approximate surface area is 139 Å². The molecular formula is C15H17ClN6O. The lowest BCUT2D eigenvalue weighted by Gasteiger charge is -2.17. The zero-order valence-electron chi connectivity index (χ0n) is 12.4. The summed E-state index contributed by atoms with van der Waals surface area (Å²) in [7, 11) is 0. The van der Waals surface area contributed by atoms with Gasteiger partial charge in [-0.1, -0.05) is 18.0 Å². The molecule has 3 heterocycles. The van der Waals surface area contributed by atoms with Crippen molar-refractivity contribution in [3.05, 3.63) is 42.9 Å². The predicted octanol–water partition coefficient (Wildman–Crippen LogP) is 2.47. The first-order valence-electron chi connectivity index (χ1n) is 7.32. The molecule has 1 saturated carbocycles. The van der Waals surface area contributed by atoms with Crippen molar-refractivity contribution in [3.63, 3.8) is 0 Å². The molecule has 1 fully saturated rings. The Hall–Kier alpha value is -2.25. The van der Waals surface area contributed by atoms with Crippen molar-refractivity contribution >= 4 is 12.4 Å². The molecule has 3 aromatic heterocycles. The number of hydrogen-bond acceptors (Lipinski definition) is 6. The van der Waals surface area contributed by atoms with Crippen molar-refractivity contribution in [1.82, 2.24) is 24.7 Å². The van der Waals surface area contributed by atoms with E-state index in [1.165, 1.54) is 0 Å². The van der Waals surface area contributed by atoms with Crippen LogP contribution in [0.2, 0.25) is 0 Å². The van der Waals surface area contributed by atoms with Gasteiger partial charge in [0.2, 0.25) is 0 Å². The second-order valence-corrected chi connectivity index (χ2v) is 5.66. The van der Waals surface area contributed by atoms with Gasteiger partial charge in [0, 0.05) is 24.2 Å². The molecule has 8 heteroatoms. The molecule has 0 radical (unpaired) electrons. The summed E-state index contributed by atoms with van der Waals surface area (Å²) >= 11 is 0. The van der Waals surface area contributed by atoms with Crippen LogP contribution in [0.3, 0.4) is 0 Å². The summed E-state index contributed by atoms with van der Waals surface area (Å²) < 4.78 is 7.23. The highest BCUT2D eigenvalue weighted by molar-refractivity contribution is 5.85. The van der Waals surface area contributed by atoms with Gasteiger partial charge in [0.05, 0.1) is 5.54 Å². The van der Waals surface area contributed by atoms with Crippen LogP contribution in [-0.4, -0.2) is 24.7 Å². The molecule has 0 aromatic carbocycles. The number of imidazole rings is 1. The highest BCUT2D eigenvalue weighted by Gasteiger charge is 2.36. The molecule has 0 atom stereocenters. The van der Waals surface area contributed by atoms with E-state index in [1.807, 2.05) is 22.9 Å². The predicted molar refractivity (Wildman–Crippen MR) is 86.2 cm³/mol. The van der Waals surface area contributed by atoms with E-state index in [1.54, 1.807) is 18.7 Å². The van der Waals surface area contributed by atoms with Gasteiger partial charge in [0.1, 0.15) is 12.1 Å². The van der Waals surface area contributed by atoms with Crippen molar-refractivity contribution < 1.29 is 4.52 Å². The lowest BCUT2D eigenvalue weighted by Crippen LogP contribution is -2.34. The summed E-state index contributed by atoms with van der Waals surface area (Å²) in [5.41, 5.74) is 6.75. The van der Waals surface area contributed by atoms with Crippen molar-refractivity contribution in [2.45, 2.75) is 31.2 Å². The Bertz CT molecular complexity index is 779. The Kier molecular flexibility index (Phi) is 4.14. The van der Waals surface area contributed by atoms with E-state index in [4.69, 9.17) is 10.3 Å². The zero-order valence-corrected chi connectivity index (χ0v) is 13.2. The quantitative estimate of drug-likeness (QED) is 0.791. The SMILES string of the molecule is Cl.NC1(c2noc(-c3ccnc(-n4ccnc4)c3)n2)CCCC1. The van der Waals surface area contributed by atoms with Gasteiger partial charge in [-0.3, -0.25) is 4.57 Å². The van der Waals surface area contributed by atoms with Crippen LogP contribution in [-0.2, 0) is 5.54 Å². The van der Waals surface area contributed by atoms with Crippen LogP contribution in [0, 0.1) is 0 Å². The molecule has 0 bridgehead atoms. The summed E-state index contributed by atoms with van der Waals surface area (Å²) in [4.78, 5) is 12.8. The van der Waals surface area contributed by atoms with E-state index < -0.39 is 5.54 Å². The van der Waals surface area contributed by atoms with Crippen LogP contribution in [0.4, 0.5) is 0 Å². The highest BCUT2D eigenvalue weighted by atomic mass is 35.5. The van der Waals surface area contributed by atoms with Gasteiger partial charge >= 0.3 is 0 Å². The monoisotopic (exact) mass is 332 g/mol. The molecule has 0 unspecified atom stereocenters. The third-order valence-electron chi connectivity index (χ3n) is 4.13. The number of nitrogens with two attached hydrogens (primary N) is 1. The average molecular weight is 333 g/mol. The fourth-order valence-corrected chi connectivity index (χ4v) is 2.86. The Morgan fingerprint density at radius 2 is 2.04 bits per heavy atom. The van der Waals surface area contributed by atoms with Crippen molar-refractivity contribution in [2.75, 3.05) is 0 Å². The van der Waals surface area contributed by atoms with Crippen molar-refractivity contribution in [3.8, 4) is 17.3 Å². The topological polar surface area (TPSA) is 95.7 Å². The van der Waals surface area contributed by atoms with Crippen molar-refractivity contribution in [2.24, 2.45) is 5.73 Å². The molecule has 0 saturated heterocycles. The minimum atomic E-state index is -0.443. The van der Waals surface area contributed by atoms with E-state index in [0.29, 0.717) is 11.7 Å². The first-order chi connectivity index (χ1) is 10.7. The van der Waals surface area contributed by atoms with E-state index in [2.05, 4.69) is 20.1 Å². The summed E-state index contributed by atoms with van der Waals surface area (Å²) in [5, 5.41) is 4.09. The maximum absolute atomic E-state index is 6.37. The maximum atomic E-state index is 6.37. The number of hydrogen-bond donors (Lipinski definition) is 1. The maximum Gasteiger partial charge on any atom is 0.258 e. The molecule has 1 aliphatic carbocycles. The Balaban J connectivity index is 0.00000156. The number of rotatable bonds is 3. The van der Waals surface area contributed by atoms with Crippen LogP contribution in [0.5, 0.6) is 0 Å². The fourth-order valence-electron chi connectivity index (χ4n) is 2.86. The molecular weight excluding hydrogens is 316 g/mol. The van der Waals surface area contributed by atoms with Gasteiger partial charge in [-0.25, -0.2) is 9.97 Å². The lowest BCUT2D eigenvalue weighted by molar-refractivity contribution is 0.372. The van der Waals surface area contributed by atoms with Crippen LogP contribution >= 0.6 is 12.4 Å². The molecule has 3 aromatic rings. The second kappa shape index (κ2) is 6.10. The molecule has 4 rings (SSSR count). The summed E-state index contributed by atoms with van der Waals surface area (Å²) in [6.07, 6.45) is 11.0. The molecule has 0 amide bonds. The lowest BCUT2D eigenvalue weighted by atomic mass is 9.99. The Morgan fingerprint density at radius 1 is 1.22 bits per heavy atom. The standard InChI is InChI=1S/C15H16N6O.ClH/c16-15(4-1-2-5-15)14-19-13(22-20-14)11-3-6-18-12(9-11)21-8-7-17-10-21;/h3,6-10H,1-2,4-5,16H2;1H. The highest BCUT2D eigenvalue weighted by Crippen LogP contribution is 2.35. The summed E-state index contributed by atoms with van der Waals surface area (Å²) in [5.74, 6) is 1.81. The molecule has 0 spiro atoms. The zero-order chi connectivity index (χ0) is 15.0. The molecule has 23 heavy (non-hydrogen) atoms. The minimum Gasteiger partial charge on any atom is -0.334 e. The number of pyridine rings is 1. The van der Waals surface area contributed by atoms with Crippen molar-refractivity contribution in [1.29, 1.82) is 0 Å². The van der Waals surface area contributed by atoms with E-state index >= 15 is 0 Å². The molecule has 2 N–H and O–H groups in total. The minimum absolute atomic E-state index is 0. The number of halogens is 1.